The number of amides is 1. The van der Waals surface area contributed by atoms with Crippen LogP contribution in [0.4, 0.5) is 0 Å². The Labute approximate surface area is 115 Å². The molecule has 1 amide bonds. The number of hydrogen-bond donors (Lipinski definition) is 2. The first-order chi connectivity index (χ1) is 8.79. The summed E-state index contributed by atoms with van der Waals surface area (Å²) in [5, 5.41) is 12.5. The SMILES string of the molecule is CCNC(C)(C)C(=O)N1CCC(CC)(C(=O)O)CC1. The number of carbonyl (C=O) groups excluding carboxylic acids is 1. The van der Waals surface area contributed by atoms with Crippen molar-refractivity contribution >= 4 is 11.9 Å². The largest absolute Gasteiger partial charge is 0.481 e. The zero-order valence-electron chi connectivity index (χ0n) is 12.5. The molecule has 0 aliphatic carbocycles. The summed E-state index contributed by atoms with van der Waals surface area (Å²) in [7, 11) is 0. The highest BCUT2D eigenvalue weighted by Gasteiger charge is 2.42. The Bertz CT molecular complexity index is 345. The Kier molecular flexibility index (Phi) is 4.96. The second kappa shape index (κ2) is 5.90. The lowest BCUT2D eigenvalue weighted by Gasteiger charge is -2.41. The molecule has 5 heteroatoms. The number of likely N-dealkylation sites (N-methyl/N-ethyl adjacent to an activating group) is 1. The van der Waals surface area contributed by atoms with E-state index in [2.05, 4.69) is 5.32 Å². The summed E-state index contributed by atoms with van der Waals surface area (Å²) in [5.41, 5.74) is -1.22. The van der Waals surface area contributed by atoms with Gasteiger partial charge in [0.05, 0.1) is 11.0 Å². The second-order valence-electron chi connectivity index (χ2n) is 5.89. The third-order valence-corrected chi connectivity index (χ3v) is 4.29. The first-order valence-corrected chi connectivity index (χ1v) is 7.07. The van der Waals surface area contributed by atoms with Crippen molar-refractivity contribution in [2.75, 3.05) is 19.6 Å². The molecule has 0 atom stereocenters. The molecule has 1 fully saturated rings. The molecule has 0 bridgehead atoms. The minimum Gasteiger partial charge on any atom is -0.481 e. The van der Waals surface area contributed by atoms with Gasteiger partial charge >= 0.3 is 5.97 Å². The van der Waals surface area contributed by atoms with Crippen LogP contribution >= 0.6 is 0 Å². The van der Waals surface area contributed by atoms with Gasteiger partial charge in [-0.25, -0.2) is 0 Å². The lowest BCUT2D eigenvalue weighted by atomic mass is 9.76. The van der Waals surface area contributed by atoms with E-state index in [9.17, 15) is 14.7 Å². The van der Waals surface area contributed by atoms with E-state index >= 15 is 0 Å². The Balaban J connectivity index is 2.68. The van der Waals surface area contributed by atoms with E-state index in [-0.39, 0.29) is 5.91 Å². The van der Waals surface area contributed by atoms with Crippen molar-refractivity contribution in [1.82, 2.24) is 10.2 Å². The Hall–Kier alpha value is -1.10. The molecule has 0 aromatic carbocycles. The van der Waals surface area contributed by atoms with Crippen LogP contribution in [0.5, 0.6) is 0 Å². The number of carboxylic acid groups (broad SMARTS) is 1. The fourth-order valence-electron chi connectivity index (χ4n) is 2.77. The maximum atomic E-state index is 12.4. The lowest BCUT2D eigenvalue weighted by molar-refractivity contribution is -0.155. The number of likely N-dealkylation sites (tertiary alicyclic amines) is 1. The van der Waals surface area contributed by atoms with Gasteiger partial charge in [0.1, 0.15) is 0 Å². The molecule has 0 aromatic heterocycles. The van der Waals surface area contributed by atoms with Gasteiger partial charge in [-0.1, -0.05) is 13.8 Å². The monoisotopic (exact) mass is 270 g/mol. The molecule has 1 heterocycles. The van der Waals surface area contributed by atoms with Crippen molar-refractivity contribution in [3.63, 3.8) is 0 Å². The molecule has 1 aliphatic heterocycles. The van der Waals surface area contributed by atoms with Gasteiger partial charge in [0.15, 0.2) is 0 Å². The molecule has 0 spiro atoms. The fourth-order valence-corrected chi connectivity index (χ4v) is 2.77. The molecule has 1 saturated heterocycles. The Morgan fingerprint density at radius 2 is 1.79 bits per heavy atom. The molecule has 0 unspecified atom stereocenters. The highest BCUT2D eigenvalue weighted by molar-refractivity contribution is 5.86. The standard InChI is InChI=1S/C14H26N2O3/c1-5-14(12(18)19)7-9-16(10-8-14)11(17)13(3,4)15-6-2/h15H,5-10H2,1-4H3,(H,18,19). The van der Waals surface area contributed by atoms with Crippen LogP contribution in [0.25, 0.3) is 0 Å². The van der Waals surface area contributed by atoms with Crippen molar-refractivity contribution in [3.05, 3.63) is 0 Å². The summed E-state index contributed by atoms with van der Waals surface area (Å²) in [5.74, 6) is -0.669. The minimum absolute atomic E-state index is 0.0597. The van der Waals surface area contributed by atoms with Crippen LogP contribution in [0.3, 0.4) is 0 Å². The number of carboxylic acids is 1. The highest BCUT2D eigenvalue weighted by Crippen LogP contribution is 2.35. The molecular weight excluding hydrogens is 244 g/mol. The van der Waals surface area contributed by atoms with Crippen LogP contribution < -0.4 is 5.32 Å². The first-order valence-electron chi connectivity index (χ1n) is 7.07. The highest BCUT2D eigenvalue weighted by atomic mass is 16.4. The number of piperidine rings is 1. The van der Waals surface area contributed by atoms with E-state index in [4.69, 9.17) is 0 Å². The van der Waals surface area contributed by atoms with Crippen molar-refractivity contribution < 1.29 is 14.7 Å². The minimum atomic E-state index is -0.729. The molecule has 1 rings (SSSR count). The van der Waals surface area contributed by atoms with Crippen LogP contribution in [0.1, 0.15) is 47.0 Å². The van der Waals surface area contributed by atoms with Crippen molar-refractivity contribution in [2.24, 2.45) is 5.41 Å². The van der Waals surface area contributed by atoms with Crippen molar-refractivity contribution in [2.45, 2.75) is 52.5 Å². The zero-order chi connectivity index (χ0) is 14.7. The molecular formula is C14H26N2O3. The second-order valence-corrected chi connectivity index (χ2v) is 5.89. The van der Waals surface area contributed by atoms with E-state index in [1.165, 1.54) is 0 Å². The predicted octanol–water partition coefficient (Wildman–Crippen LogP) is 1.48. The van der Waals surface area contributed by atoms with E-state index in [1.54, 1.807) is 4.90 Å². The van der Waals surface area contributed by atoms with E-state index in [0.29, 0.717) is 32.4 Å². The molecule has 1 aliphatic rings. The van der Waals surface area contributed by atoms with Gasteiger partial charge in [0, 0.05) is 13.1 Å². The maximum Gasteiger partial charge on any atom is 0.309 e. The van der Waals surface area contributed by atoms with Gasteiger partial charge in [-0.3, -0.25) is 9.59 Å². The number of carbonyl (C=O) groups is 2. The molecule has 0 radical (unpaired) electrons. The van der Waals surface area contributed by atoms with Crippen molar-refractivity contribution in [1.29, 1.82) is 0 Å². The number of rotatable bonds is 5. The van der Waals surface area contributed by atoms with Gasteiger partial charge in [0.25, 0.3) is 0 Å². The summed E-state index contributed by atoms with van der Waals surface area (Å²) in [6, 6.07) is 0. The average molecular weight is 270 g/mol. The summed E-state index contributed by atoms with van der Waals surface area (Å²) in [4.78, 5) is 25.6. The van der Waals surface area contributed by atoms with Gasteiger partial charge in [-0.05, 0) is 39.7 Å². The number of aliphatic carboxylic acids is 1. The van der Waals surface area contributed by atoms with Crippen LogP contribution in [-0.4, -0.2) is 47.1 Å². The molecule has 2 N–H and O–H groups in total. The van der Waals surface area contributed by atoms with Gasteiger partial charge < -0.3 is 15.3 Å². The number of hydrogen-bond acceptors (Lipinski definition) is 3. The third kappa shape index (κ3) is 3.26. The van der Waals surface area contributed by atoms with Crippen LogP contribution in [0, 0.1) is 5.41 Å². The predicted molar refractivity (Wildman–Crippen MR) is 73.9 cm³/mol. The number of nitrogens with zero attached hydrogens (tertiary/aromatic N) is 1. The summed E-state index contributed by atoms with van der Waals surface area (Å²) < 4.78 is 0. The lowest BCUT2D eigenvalue weighted by Crippen LogP contribution is -2.57. The van der Waals surface area contributed by atoms with Crippen molar-refractivity contribution in [3.8, 4) is 0 Å². The molecule has 19 heavy (non-hydrogen) atoms. The van der Waals surface area contributed by atoms with Crippen LogP contribution in [-0.2, 0) is 9.59 Å². The smallest absolute Gasteiger partial charge is 0.309 e. The molecule has 5 nitrogen and oxygen atoms in total. The van der Waals surface area contributed by atoms with Gasteiger partial charge in [-0.15, -0.1) is 0 Å². The van der Waals surface area contributed by atoms with E-state index < -0.39 is 16.9 Å². The normalized spacial score (nSPS) is 19.3. The number of nitrogens with one attached hydrogen (secondary N) is 1. The quantitative estimate of drug-likeness (QED) is 0.794. The van der Waals surface area contributed by atoms with Gasteiger partial charge in [-0.2, -0.15) is 0 Å². The Morgan fingerprint density at radius 1 is 1.26 bits per heavy atom. The average Bonchev–Trinajstić information content (AvgIpc) is 2.37. The first kappa shape index (κ1) is 16.0. The third-order valence-electron chi connectivity index (χ3n) is 4.29. The van der Waals surface area contributed by atoms with E-state index in [1.807, 2.05) is 27.7 Å². The van der Waals surface area contributed by atoms with Crippen LogP contribution in [0.15, 0.2) is 0 Å². The zero-order valence-corrected chi connectivity index (χ0v) is 12.5. The van der Waals surface area contributed by atoms with E-state index in [0.717, 1.165) is 6.54 Å². The maximum absolute atomic E-state index is 12.4. The molecule has 0 aromatic rings. The fraction of sp³-hybridized carbons (Fsp3) is 0.857. The summed E-state index contributed by atoms with van der Waals surface area (Å²) >= 11 is 0. The topological polar surface area (TPSA) is 69.6 Å². The van der Waals surface area contributed by atoms with Gasteiger partial charge in [0.2, 0.25) is 5.91 Å². The summed E-state index contributed by atoms with van der Waals surface area (Å²) in [6.45, 7) is 9.43. The summed E-state index contributed by atoms with van der Waals surface area (Å²) in [6.07, 6.45) is 1.72. The molecule has 0 saturated carbocycles. The molecule has 110 valence electrons. The van der Waals surface area contributed by atoms with Crippen LogP contribution in [0.2, 0.25) is 0 Å². The Morgan fingerprint density at radius 3 is 2.16 bits per heavy atom.